The molecular formula is C12H14O4S. The van der Waals surface area contributed by atoms with E-state index in [0.717, 1.165) is 16.2 Å². The smallest absolute Gasteiger partial charge is 0.313 e. The van der Waals surface area contributed by atoms with Crippen LogP contribution in [0.4, 0.5) is 0 Å². The van der Waals surface area contributed by atoms with Gasteiger partial charge in [-0.2, -0.15) is 0 Å². The fraction of sp³-hybridized carbons (Fsp3) is 0.333. The number of hydrogen-bond acceptors (Lipinski definition) is 5. The molecular weight excluding hydrogens is 240 g/mol. The zero-order chi connectivity index (χ0) is 12.7. The quantitative estimate of drug-likeness (QED) is 0.443. The lowest BCUT2D eigenvalue weighted by Gasteiger charge is -2.03. The van der Waals surface area contributed by atoms with Crippen molar-refractivity contribution in [3.63, 3.8) is 0 Å². The molecule has 0 bridgehead atoms. The maximum absolute atomic E-state index is 11.3. The monoisotopic (exact) mass is 254 g/mol. The van der Waals surface area contributed by atoms with Gasteiger partial charge in [-0.05, 0) is 18.6 Å². The second kappa shape index (κ2) is 6.85. The predicted molar refractivity (Wildman–Crippen MR) is 64.6 cm³/mol. The minimum Gasteiger partial charge on any atom is -0.428 e. The summed E-state index contributed by atoms with van der Waals surface area (Å²) in [7, 11) is 0. The van der Waals surface area contributed by atoms with Gasteiger partial charge in [0.05, 0.1) is 6.42 Å². The second-order valence-corrected chi connectivity index (χ2v) is 4.56. The lowest BCUT2D eigenvalue weighted by atomic mass is 10.3. The number of esters is 2. The van der Waals surface area contributed by atoms with Crippen molar-refractivity contribution < 1.29 is 19.1 Å². The van der Waals surface area contributed by atoms with Crippen molar-refractivity contribution in [1.29, 1.82) is 0 Å². The summed E-state index contributed by atoms with van der Waals surface area (Å²) in [4.78, 5) is 23.9. The Kier molecular flexibility index (Phi) is 5.42. The van der Waals surface area contributed by atoms with Crippen LogP contribution in [0.15, 0.2) is 24.8 Å². The van der Waals surface area contributed by atoms with Gasteiger partial charge in [0.25, 0.3) is 0 Å². The second-order valence-electron chi connectivity index (χ2n) is 3.31. The van der Waals surface area contributed by atoms with Gasteiger partial charge in [0.1, 0.15) is 0 Å². The molecule has 1 rings (SSSR count). The molecule has 0 amide bonds. The highest BCUT2D eigenvalue weighted by molar-refractivity contribution is 7.12. The summed E-state index contributed by atoms with van der Waals surface area (Å²) in [6, 6.07) is 3.84. The zero-order valence-electron chi connectivity index (χ0n) is 9.60. The van der Waals surface area contributed by atoms with Gasteiger partial charge < -0.3 is 9.47 Å². The molecule has 0 aliphatic rings. The molecule has 92 valence electrons. The van der Waals surface area contributed by atoms with Crippen molar-refractivity contribution >= 4 is 23.3 Å². The Hall–Kier alpha value is -1.62. The van der Waals surface area contributed by atoms with Crippen molar-refractivity contribution in [2.75, 3.05) is 6.79 Å². The first-order valence-corrected chi connectivity index (χ1v) is 5.91. The highest BCUT2D eigenvalue weighted by atomic mass is 32.1. The van der Waals surface area contributed by atoms with Gasteiger partial charge in [-0.1, -0.05) is 6.08 Å². The first-order valence-electron chi connectivity index (χ1n) is 5.09. The summed E-state index contributed by atoms with van der Waals surface area (Å²) in [5.74, 6) is -0.875. The molecule has 0 spiro atoms. The van der Waals surface area contributed by atoms with E-state index in [1.165, 1.54) is 6.92 Å². The number of allylic oxidation sites excluding steroid dienone is 1. The van der Waals surface area contributed by atoms with E-state index < -0.39 is 11.9 Å². The van der Waals surface area contributed by atoms with Crippen molar-refractivity contribution in [2.24, 2.45) is 0 Å². The van der Waals surface area contributed by atoms with Gasteiger partial charge in [-0.3, -0.25) is 9.59 Å². The molecule has 0 fully saturated rings. The Morgan fingerprint density at radius 1 is 1.35 bits per heavy atom. The lowest BCUT2D eigenvalue weighted by molar-refractivity contribution is -0.165. The number of ether oxygens (including phenoxy) is 2. The zero-order valence-corrected chi connectivity index (χ0v) is 10.4. The summed E-state index contributed by atoms with van der Waals surface area (Å²) in [5.41, 5.74) is 0. The maximum Gasteiger partial charge on any atom is 0.313 e. The van der Waals surface area contributed by atoms with Crippen LogP contribution < -0.4 is 0 Å². The average molecular weight is 254 g/mol. The summed E-state index contributed by atoms with van der Waals surface area (Å²) in [6.07, 6.45) is 2.81. The maximum atomic E-state index is 11.3. The third-order valence-electron chi connectivity index (χ3n) is 1.86. The highest BCUT2D eigenvalue weighted by Gasteiger charge is 2.07. The van der Waals surface area contributed by atoms with E-state index in [-0.39, 0.29) is 13.2 Å². The summed E-state index contributed by atoms with van der Waals surface area (Å²) in [5, 5.41) is 0. The topological polar surface area (TPSA) is 52.6 Å². The molecule has 5 heteroatoms. The van der Waals surface area contributed by atoms with Crippen molar-refractivity contribution in [2.45, 2.75) is 19.8 Å². The average Bonchev–Trinajstić information content (AvgIpc) is 2.65. The fourth-order valence-electron chi connectivity index (χ4n) is 1.14. The van der Waals surface area contributed by atoms with E-state index in [1.807, 2.05) is 18.2 Å². The van der Waals surface area contributed by atoms with Gasteiger partial charge in [0.2, 0.25) is 6.79 Å². The van der Waals surface area contributed by atoms with Crippen LogP contribution in [-0.2, 0) is 31.9 Å². The van der Waals surface area contributed by atoms with Gasteiger partial charge in [0, 0.05) is 16.7 Å². The van der Waals surface area contributed by atoms with Crippen LogP contribution >= 0.6 is 11.3 Å². The largest absolute Gasteiger partial charge is 0.428 e. The molecule has 0 atom stereocenters. The molecule has 1 aromatic rings. The van der Waals surface area contributed by atoms with Crippen LogP contribution in [0.3, 0.4) is 0 Å². The summed E-state index contributed by atoms with van der Waals surface area (Å²) >= 11 is 1.55. The van der Waals surface area contributed by atoms with Gasteiger partial charge in [-0.25, -0.2) is 0 Å². The van der Waals surface area contributed by atoms with E-state index in [2.05, 4.69) is 11.3 Å². The lowest BCUT2D eigenvalue weighted by Crippen LogP contribution is -2.12. The standard InChI is InChI=1S/C12H14O4S/c1-3-4-10-5-6-11(17-10)7-12(14)16-8-15-9(2)13/h3,5-6H,1,4,7-8H2,2H3. The molecule has 0 N–H and O–H groups in total. The Morgan fingerprint density at radius 2 is 2.06 bits per heavy atom. The van der Waals surface area contributed by atoms with E-state index in [9.17, 15) is 9.59 Å². The van der Waals surface area contributed by atoms with Crippen LogP contribution in [0, 0.1) is 0 Å². The summed E-state index contributed by atoms with van der Waals surface area (Å²) < 4.78 is 9.23. The van der Waals surface area contributed by atoms with Crippen LogP contribution in [0.2, 0.25) is 0 Å². The third kappa shape index (κ3) is 5.31. The van der Waals surface area contributed by atoms with E-state index in [1.54, 1.807) is 11.3 Å². The van der Waals surface area contributed by atoms with Crippen molar-refractivity contribution in [3.05, 3.63) is 34.5 Å². The minimum atomic E-state index is -0.470. The van der Waals surface area contributed by atoms with Gasteiger partial charge in [-0.15, -0.1) is 17.9 Å². The Balaban J connectivity index is 2.34. The molecule has 1 heterocycles. The number of thiophene rings is 1. The van der Waals surface area contributed by atoms with Crippen LogP contribution in [-0.4, -0.2) is 18.7 Å². The SMILES string of the molecule is C=CCc1ccc(CC(=O)OCOC(C)=O)s1. The molecule has 0 saturated heterocycles. The van der Waals surface area contributed by atoms with E-state index in [0.29, 0.717) is 0 Å². The molecule has 0 aromatic carbocycles. The first-order chi connectivity index (χ1) is 8.11. The normalized spacial score (nSPS) is 9.71. The molecule has 0 radical (unpaired) electrons. The number of rotatable bonds is 6. The molecule has 0 unspecified atom stereocenters. The predicted octanol–water partition coefficient (Wildman–Crippen LogP) is 2.08. The molecule has 0 aliphatic carbocycles. The fourth-order valence-corrected chi connectivity index (χ4v) is 2.14. The minimum absolute atomic E-state index is 0.197. The van der Waals surface area contributed by atoms with E-state index >= 15 is 0 Å². The van der Waals surface area contributed by atoms with Crippen LogP contribution in [0.5, 0.6) is 0 Å². The van der Waals surface area contributed by atoms with Crippen LogP contribution in [0.25, 0.3) is 0 Å². The van der Waals surface area contributed by atoms with Gasteiger partial charge in [0.15, 0.2) is 0 Å². The third-order valence-corrected chi connectivity index (χ3v) is 2.97. The Bertz CT molecular complexity index is 408. The molecule has 1 aromatic heterocycles. The number of carbonyl (C=O) groups excluding carboxylic acids is 2. The molecule has 0 saturated carbocycles. The first kappa shape index (κ1) is 13.4. The Labute approximate surface area is 104 Å². The molecule has 17 heavy (non-hydrogen) atoms. The van der Waals surface area contributed by atoms with Crippen LogP contribution in [0.1, 0.15) is 16.7 Å². The van der Waals surface area contributed by atoms with Crippen molar-refractivity contribution in [1.82, 2.24) is 0 Å². The molecule has 0 aliphatic heterocycles. The van der Waals surface area contributed by atoms with Gasteiger partial charge >= 0.3 is 11.9 Å². The highest BCUT2D eigenvalue weighted by Crippen LogP contribution is 2.18. The molecule has 4 nitrogen and oxygen atoms in total. The number of carbonyl (C=O) groups is 2. The number of hydrogen-bond donors (Lipinski definition) is 0. The van der Waals surface area contributed by atoms with E-state index in [4.69, 9.17) is 4.74 Å². The Morgan fingerprint density at radius 3 is 2.71 bits per heavy atom. The summed E-state index contributed by atoms with van der Waals surface area (Å²) in [6.45, 7) is 4.59. The van der Waals surface area contributed by atoms with Crippen molar-refractivity contribution in [3.8, 4) is 0 Å².